The van der Waals surface area contributed by atoms with Gasteiger partial charge in [-0.05, 0) is 36.8 Å². The summed E-state index contributed by atoms with van der Waals surface area (Å²) in [6.07, 6.45) is 0.680. The highest BCUT2D eigenvalue weighted by Crippen LogP contribution is 2.24. The number of pyridine rings is 1. The number of aryl methyl sites for hydroxylation is 1. The third-order valence-electron chi connectivity index (χ3n) is 4.25. The molecule has 0 aliphatic carbocycles. The Morgan fingerprint density at radius 3 is 2.88 bits per heavy atom. The number of amides is 2. The van der Waals surface area contributed by atoms with E-state index >= 15 is 0 Å². The summed E-state index contributed by atoms with van der Waals surface area (Å²) in [5.74, 6) is -0.290. The molecule has 0 radical (unpaired) electrons. The van der Waals surface area contributed by atoms with Gasteiger partial charge in [0.2, 0.25) is 0 Å². The summed E-state index contributed by atoms with van der Waals surface area (Å²) >= 11 is 0. The number of benzene rings is 1. The van der Waals surface area contributed by atoms with Crippen molar-refractivity contribution in [1.29, 1.82) is 0 Å². The first kappa shape index (κ1) is 17.4. The second kappa shape index (κ2) is 8.07. The van der Waals surface area contributed by atoms with Crippen LogP contribution in [0.15, 0.2) is 42.5 Å². The summed E-state index contributed by atoms with van der Waals surface area (Å²) in [7, 11) is 0. The molecule has 1 saturated heterocycles. The Hall–Kier alpha value is -2.47. The Morgan fingerprint density at radius 1 is 1.32 bits per heavy atom. The molecule has 25 heavy (non-hydrogen) atoms. The third kappa shape index (κ3) is 4.54. The van der Waals surface area contributed by atoms with E-state index in [1.54, 1.807) is 17.0 Å². The highest BCUT2D eigenvalue weighted by atomic mass is 19.1. The fourth-order valence-corrected chi connectivity index (χ4v) is 2.95. The Kier molecular flexibility index (Phi) is 5.60. The third-order valence-corrected chi connectivity index (χ3v) is 4.25. The Bertz CT molecular complexity index is 721. The van der Waals surface area contributed by atoms with E-state index in [9.17, 15) is 9.18 Å². The van der Waals surface area contributed by atoms with Crippen LogP contribution in [0.25, 0.3) is 0 Å². The highest BCUT2D eigenvalue weighted by Gasteiger charge is 2.28. The molecule has 0 spiro atoms. The van der Waals surface area contributed by atoms with Gasteiger partial charge in [0.25, 0.3) is 0 Å². The fourth-order valence-electron chi connectivity index (χ4n) is 2.95. The molecule has 1 fully saturated rings. The molecule has 3 rings (SSSR count). The lowest BCUT2D eigenvalue weighted by atomic mass is 10.1. The molecule has 2 aromatic rings. The Morgan fingerprint density at radius 2 is 2.12 bits per heavy atom. The first-order valence-corrected chi connectivity index (χ1v) is 8.44. The highest BCUT2D eigenvalue weighted by molar-refractivity contribution is 5.75. The van der Waals surface area contributed by atoms with Crippen LogP contribution in [0.2, 0.25) is 0 Å². The summed E-state index contributed by atoms with van der Waals surface area (Å²) in [4.78, 5) is 18.8. The number of urea groups is 1. The van der Waals surface area contributed by atoms with Crippen molar-refractivity contribution < 1.29 is 13.9 Å². The number of aromatic nitrogens is 1. The van der Waals surface area contributed by atoms with E-state index in [0.717, 1.165) is 17.0 Å². The van der Waals surface area contributed by atoms with Gasteiger partial charge in [-0.3, -0.25) is 4.98 Å². The van der Waals surface area contributed by atoms with Gasteiger partial charge in [-0.15, -0.1) is 0 Å². The first-order chi connectivity index (χ1) is 12.1. The largest absolute Gasteiger partial charge is 0.377 e. The molecule has 132 valence electrons. The van der Waals surface area contributed by atoms with E-state index < -0.39 is 0 Å². The number of carbonyl (C=O) groups is 1. The van der Waals surface area contributed by atoms with Gasteiger partial charge in [0.1, 0.15) is 5.82 Å². The molecule has 2 heterocycles. The maximum atomic E-state index is 13.1. The molecule has 1 atom stereocenters. The zero-order valence-corrected chi connectivity index (χ0v) is 14.2. The normalized spacial score (nSPS) is 17.4. The standard InChI is InChI=1S/C19H22FN3O2/c1-14-3-2-4-17(22-14)9-10-21-19(24)23-11-12-25-13-18(23)15-5-7-16(20)8-6-15/h2-8,18H,9-13H2,1H3,(H,21,24). The van der Waals surface area contributed by atoms with Crippen LogP contribution < -0.4 is 5.32 Å². The van der Waals surface area contributed by atoms with Gasteiger partial charge in [-0.25, -0.2) is 9.18 Å². The molecule has 1 aromatic carbocycles. The van der Waals surface area contributed by atoms with Gasteiger partial charge < -0.3 is 15.0 Å². The average Bonchev–Trinajstić information content (AvgIpc) is 2.62. The lowest BCUT2D eigenvalue weighted by molar-refractivity contribution is 0.0117. The van der Waals surface area contributed by atoms with Crippen LogP contribution >= 0.6 is 0 Å². The SMILES string of the molecule is Cc1cccc(CCNC(=O)N2CCOCC2c2ccc(F)cc2)n1. The number of hydrogen-bond donors (Lipinski definition) is 1. The number of halogens is 1. The molecule has 1 aliphatic rings. The van der Waals surface area contributed by atoms with Gasteiger partial charge in [-0.2, -0.15) is 0 Å². The minimum atomic E-state index is -0.290. The second-order valence-electron chi connectivity index (χ2n) is 6.09. The molecule has 0 bridgehead atoms. The van der Waals surface area contributed by atoms with Crippen molar-refractivity contribution >= 4 is 6.03 Å². The van der Waals surface area contributed by atoms with Crippen molar-refractivity contribution in [3.8, 4) is 0 Å². The molecule has 1 N–H and O–H groups in total. The molecule has 1 unspecified atom stereocenters. The van der Waals surface area contributed by atoms with Crippen molar-refractivity contribution in [3.63, 3.8) is 0 Å². The van der Waals surface area contributed by atoms with Crippen molar-refractivity contribution in [1.82, 2.24) is 15.2 Å². The van der Waals surface area contributed by atoms with Crippen LogP contribution in [0.1, 0.15) is 23.0 Å². The number of nitrogens with one attached hydrogen (secondary N) is 1. The van der Waals surface area contributed by atoms with Crippen LogP contribution in [0.5, 0.6) is 0 Å². The van der Waals surface area contributed by atoms with Gasteiger partial charge in [-0.1, -0.05) is 18.2 Å². The van der Waals surface area contributed by atoms with Crippen molar-refractivity contribution in [2.45, 2.75) is 19.4 Å². The number of nitrogens with zero attached hydrogens (tertiary/aromatic N) is 2. The van der Waals surface area contributed by atoms with E-state index in [1.165, 1.54) is 12.1 Å². The lowest BCUT2D eigenvalue weighted by Gasteiger charge is -2.35. The van der Waals surface area contributed by atoms with Crippen LogP contribution in [0, 0.1) is 12.7 Å². The minimum Gasteiger partial charge on any atom is -0.377 e. The zero-order valence-electron chi connectivity index (χ0n) is 14.2. The smallest absolute Gasteiger partial charge is 0.318 e. The van der Waals surface area contributed by atoms with E-state index in [0.29, 0.717) is 32.7 Å². The second-order valence-corrected chi connectivity index (χ2v) is 6.09. The predicted molar refractivity (Wildman–Crippen MR) is 92.7 cm³/mol. The molecule has 0 saturated carbocycles. The maximum Gasteiger partial charge on any atom is 0.318 e. The summed E-state index contributed by atoms with van der Waals surface area (Å²) in [6.45, 7) is 3.89. The van der Waals surface area contributed by atoms with Crippen molar-refractivity contribution in [2.24, 2.45) is 0 Å². The zero-order chi connectivity index (χ0) is 17.6. The Balaban J connectivity index is 1.59. The molecule has 2 amide bonds. The van der Waals surface area contributed by atoms with Gasteiger partial charge in [0.15, 0.2) is 0 Å². The monoisotopic (exact) mass is 343 g/mol. The average molecular weight is 343 g/mol. The maximum absolute atomic E-state index is 13.1. The van der Waals surface area contributed by atoms with Crippen LogP contribution in [-0.4, -0.2) is 42.2 Å². The van der Waals surface area contributed by atoms with E-state index in [4.69, 9.17) is 4.74 Å². The molecular formula is C19H22FN3O2. The molecular weight excluding hydrogens is 321 g/mol. The fraction of sp³-hybridized carbons (Fsp3) is 0.368. The van der Waals surface area contributed by atoms with E-state index in [-0.39, 0.29) is 17.9 Å². The topological polar surface area (TPSA) is 54.5 Å². The summed E-state index contributed by atoms with van der Waals surface area (Å²) < 4.78 is 18.6. The molecule has 5 nitrogen and oxygen atoms in total. The number of ether oxygens (including phenoxy) is 1. The van der Waals surface area contributed by atoms with Crippen LogP contribution in [0.3, 0.4) is 0 Å². The van der Waals surface area contributed by atoms with Crippen molar-refractivity contribution in [3.05, 3.63) is 65.2 Å². The molecule has 6 heteroatoms. The summed E-state index contributed by atoms with van der Waals surface area (Å²) in [5, 5.41) is 2.95. The number of carbonyl (C=O) groups excluding carboxylic acids is 1. The van der Waals surface area contributed by atoms with Gasteiger partial charge >= 0.3 is 6.03 Å². The Labute approximate surface area is 146 Å². The van der Waals surface area contributed by atoms with E-state index in [2.05, 4.69) is 10.3 Å². The van der Waals surface area contributed by atoms with Crippen LogP contribution in [0.4, 0.5) is 9.18 Å². The quantitative estimate of drug-likeness (QED) is 0.929. The minimum absolute atomic E-state index is 0.134. The van der Waals surface area contributed by atoms with Gasteiger partial charge in [0, 0.05) is 30.9 Å². The summed E-state index contributed by atoms with van der Waals surface area (Å²) in [6, 6.07) is 11.7. The lowest BCUT2D eigenvalue weighted by Crippen LogP contribution is -2.48. The predicted octanol–water partition coefficient (Wildman–Crippen LogP) is 2.85. The summed E-state index contributed by atoms with van der Waals surface area (Å²) in [5.41, 5.74) is 2.79. The van der Waals surface area contributed by atoms with E-state index in [1.807, 2.05) is 25.1 Å². The first-order valence-electron chi connectivity index (χ1n) is 8.44. The number of morpholine rings is 1. The van der Waals surface area contributed by atoms with Crippen LogP contribution in [-0.2, 0) is 11.2 Å². The number of rotatable bonds is 4. The molecule has 1 aliphatic heterocycles. The molecule has 1 aromatic heterocycles. The van der Waals surface area contributed by atoms with Gasteiger partial charge in [0.05, 0.1) is 19.3 Å². The number of hydrogen-bond acceptors (Lipinski definition) is 3. The van der Waals surface area contributed by atoms with Crippen molar-refractivity contribution in [2.75, 3.05) is 26.3 Å².